The van der Waals surface area contributed by atoms with Gasteiger partial charge < -0.3 is 0 Å². The molecule has 2 N–H and O–H groups in total. The van der Waals surface area contributed by atoms with Crippen LogP contribution in [-0.4, -0.2) is 53.8 Å². The number of carbonyl (C=O) groups excluding carboxylic acids is 2. The SMILES string of the molecule is CC(C)CN(C)NC(=O)CN(CC(C)C)NC(=O)CBr. The molecule has 6 nitrogen and oxygen atoms in total. The van der Waals surface area contributed by atoms with E-state index in [9.17, 15) is 9.59 Å². The Morgan fingerprint density at radius 2 is 1.55 bits per heavy atom. The van der Waals surface area contributed by atoms with Gasteiger partial charge in [-0.25, -0.2) is 10.0 Å². The van der Waals surface area contributed by atoms with E-state index in [1.807, 2.05) is 20.9 Å². The molecule has 0 aliphatic heterocycles. The number of amides is 2. The van der Waals surface area contributed by atoms with Gasteiger partial charge in [0.25, 0.3) is 0 Å². The molecule has 0 saturated carbocycles. The number of halogens is 1. The Kier molecular flexibility index (Phi) is 9.79. The van der Waals surface area contributed by atoms with Crippen molar-refractivity contribution in [3.8, 4) is 0 Å². The lowest BCUT2D eigenvalue weighted by molar-refractivity contribution is -0.130. The first-order chi connectivity index (χ1) is 9.24. The Bertz CT molecular complexity index is 311. The van der Waals surface area contributed by atoms with Crippen LogP contribution in [0, 0.1) is 11.8 Å². The van der Waals surface area contributed by atoms with Crippen molar-refractivity contribution in [3.05, 3.63) is 0 Å². The van der Waals surface area contributed by atoms with Crippen LogP contribution in [0.2, 0.25) is 0 Å². The lowest BCUT2D eigenvalue weighted by Crippen LogP contribution is -2.52. The molecule has 0 heterocycles. The fraction of sp³-hybridized carbons (Fsp3) is 0.846. The third-order valence-corrected chi connectivity index (χ3v) is 2.79. The molecule has 0 aromatic carbocycles. The Labute approximate surface area is 130 Å². The maximum atomic E-state index is 11.9. The van der Waals surface area contributed by atoms with E-state index in [2.05, 4.69) is 40.6 Å². The van der Waals surface area contributed by atoms with E-state index in [1.54, 1.807) is 10.0 Å². The summed E-state index contributed by atoms with van der Waals surface area (Å²) in [6, 6.07) is 0. The molecule has 0 atom stereocenters. The minimum atomic E-state index is -0.158. The molecule has 0 aliphatic rings. The maximum Gasteiger partial charge on any atom is 0.250 e. The molecule has 2 amide bonds. The van der Waals surface area contributed by atoms with E-state index in [4.69, 9.17) is 0 Å². The first-order valence-corrected chi connectivity index (χ1v) is 7.97. The summed E-state index contributed by atoms with van der Waals surface area (Å²) in [4.78, 5) is 23.4. The van der Waals surface area contributed by atoms with Gasteiger partial charge in [0, 0.05) is 20.1 Å². The Balaban J connectivity index is 4.33. The third-order valence-electron chi connectivity index (χ3n) is 2.28. The maximum absolute atomic E-state index is 11.9. The van der Waals surface area contributed by atoms with Crippen LogP contribution in [0.5, 0.6) is 0 Å². The Morgan fingerprint density at radius 1 is 1.00 bits per heavy atom. The van der Waals surface area contributed by atoms with Gasteiger partial charge in [0.2, 0.25) is 11.8 Å². The van der Waals surface area contributed by atoms with E-state index < -0.39 is 0 Å². The van der Waals surface area contributed by atoms with Crippen LogP contribution in [0.3, 0.4) is 0 Å². The zero-order valence-corrected chi connectivity index (χ0v) is 14.7. The zero-order valence-electron chi connectivity index (χ0n) is 13.1. The van der Waals surface area contributed by atoms with Crippen LogP contribution in [0.15, 0.2) is 0 Å². The van der Waals surface area contributed by atoms with Crippen molar-refractivity contribution in [2.24, 2.45) is 11.8 Å². The van der Waals surface area contributed by atoms with Crippen LogP contribution in [0.25, 0.3) is 0 Å². The van der Waals surface area contributed by atoms with Gasteiger partial charge in [-0.15, -0.1) is 0 Å². The fourth-order valence-electron chi connectivity index (χ4n) is 1.81. The van der Waals surface area contributed by atoms with Crippen LogP contribution in [0.4, 0.5) is 0 Å². The van der Waals surface area contributed by atoms with E-state index in [-0.39, 0.29) is 23.7 Å². The first kappa shape index (κ1) is 19.3. The number of carbonyl (C=O) groups is 2. The molecule has 20 heavy (non-hydrogen) atoms. The van der Waals surface area contributed by atoms with Crippen molar-refractivity contribution in [2.75, 3.05) is 32.0 Å². The molecule has 0 saturated heterocycles. The van der Waals surface area contributed by atoms with Gasteiger partial charge in [-0.3, -0.25) is 20.4 Å². The predicted molar refractivity (Wildman–Crippen MR) is 84.0 cm³/mol. The highest BCUT2D eigenvalue weighted by molar-refractivity contribution is 9.09. The number of hydrazine groups is 2. The fourth-order valence-corrected chi connectivity index (χ4v) is 1.94. The number of nitrogens with zero attached hydrogens (tertiary/aromatic N) is 2. The first-order valence-electron chi connectivity index (χ1n) is 6.85. The van der Waals surface area contributed by atoms with Crippen molar-refractivity contribution in [1.82, 2.24) is 20.9 Å². The summed E-state index contributed by atoms with van der Waals surface area (Å²) >= 11 is 3.10. The second kappa shape index (κ2) is 10.1. The number of hydrogen-bond acceptors (Lipinski definition) is 4. The number of rotatable bonds is 9. The number of alkyl halides is 1. The van der Waals surface area contributed by atoms with Gasteiger partial charge in [-0.1, -0.05) is 43.6 Å². The molecule has 0 aromatic rings. The molecule has 0 aliphatic carbocycles. The summed E-state index contributed by atoms with van der Waals surface area (Å²) in [5.74, 6) is 0.532. The Hall–Kier alpha value is -0.660. The van der Waals surface area contributed by atoms with Gasteiger partial charge in [0.05, 0.1) is 11.9 Å². The second-order valence-electron chi connectivity index (χ2n) is 5.75. The summed E-state index contributed by atoms with van der Waals surface area (Å²) in [5, 5.41) is 3.64. The van der Waals surface area contributed by atoms with Gasteiger partial charge in [0.15, 0.2) is 0 Å². The van der Waals surface area contributed by atoms with Crippen LogP contribution >= 0.6 is 15.9 Å². The van der Waals surface area contributed by atoms with Crippen LogP contribution < -0.4 is 10.9 Å². The average Bonchev–Trinajstić information content (AvgIpc) is 2.25. The van der Waals surface area contributed by atoms with Crippen molar-refractivity contribution in [1.29, 1.82) is 0 Å². The molecular formula is C13H27BrN4O2. The lowest BCUT2D eigenvalue weighted by atomic mass is 10.2. The number of nitrogens with one attached hydrogen (secondary N) is 2. The van der Waals surface area contributed by atoms with Crippen molar-refractivity contribution in [2.45, 2.75) is 27.7 Å². The minimum absolute atomic E-state index is 0.135. The van der Waals surface area contributed by atoms with Crippen molar-refractivity contribution in [3.63, 3.8) is 0 Å². The number of hydrogen-bond donors (Lipinski definition) is 2. The third kappa shape index (κ3) is 10.2. The highest BCUT2D eigenvalue weighted by Gasteiger charge is 2.15. The molecule has 0 spiro atoms. The molecule has 0 rings (SSSR count). The summed E-state index contributed by atoms with van der Waals surface area (Å²) in [5.41, 5.74) is 5.51. The molecule has 0 unspecified atom stereocenters. The molecule has 0 radical (unpaired) electrons. The van der Waals surface area contributed by atoms with Crippen LogP contribution in [-0.2, 0) is 9.59 Å². The molecule has 0 bridgehead atoms. The predicted octanol–water partition coefficient (Wildman–Crippen LogP) is 0.990. The highest BCUT2D eigenvalue weighted by Crippen LogP contribution is 1.97. The summed E-state index contributed by atoms with van der Waals surface area (Å²) in [6.07, 6.45) is 0. The van der Waals surface area contributed by atoms with Gasteiger partial charge in [-0.05, 0) is 11.8 Å². The minimum Gasteiger partial charge on any atom is -0.288 e. The van der Waals surface area contributed by atoms with Crippen molar-refractivity contribution < 1.29 is 9.59 Å². The quantitative estimate of drug-likeness (QED) is 0.480. The molecule has 118 valence electrons. The Morgan fingerprint density at radius 3 is 2.00 bits per heavy atom. The van der Waals surface area contributed by atoms with Crippen molar-refractivity contribution >= 4 is 27.7 Å². The largest absolute Gasteiger partial charge is 0.288 e. The lowest BCUT2D eigenvalue weighted by Gasteiger charge is -2.26. The smallest absolute Gasteiger partial charge is 0.250 e. The van der Waals surface area contributed by atoms with E-state index in [0.717, 1.165) is 6.54 Å². The summed E-state index contributed by atoms with van der Waals surface area (Å²) in [6.45, 7) is 9.79. The molecule has 0 aromatic heterocycles. The zero-order chi connectivity index (χ0) is 15.7. The van der Waals surface area contributed by atoms with Gasteiger partial charge in [0.1, 0.15) is 0 Å². The monoisotopic (exact) mass is 350 g/mol. The normalized spacial score (nSPS) is 11.5. The molecular weight excluding hydrogens is 324 g/mol. The van der Waals surface area contributed by atoms with Gasteiger partial charge in [-0.2, -0.15) is 0 Å². The topological polar surface area (TPSA) is 64.7 Å². The molecule has 7 heteroatoms. The second-order valence-corrected chi connectivity index (χ2v) is 6.31. The summed E-state index contributed by atoms with van der Waals surface area (Å²) in [7, 11) is 1.84. The van der Waals surface area contributed by atoms with Crippen LogP contribution in [0.1, 0.15) is 27.7 Å². The molecule has 0 fully saturated rings. The van der Waals surface area contributed by atoms with E-state index in [1.165, 1.54) is 0 Å². The van der Waals surface area contributed by atoms with Gasteiger partial charge >= 0.3 is 0 Å². The van der Waals surface area contributed by atoms with E-state index in [0.29, 0.717) is 18.4 Å². The standard InChI is InChI=1S/C13H27BrN4O2/c1-10(2)7-17(5)15-13(20)9-18(8-11(3)4)16-12(19)6-14/h10-11H,6-9H2,1-5H3,(H,15,20)(H,16,19). The summed E-state index contributed by atoms with van der Waals surface area (Å²) < 4.78 is 0. The average molecular weight is 351 g/mol. The highest BCUT2D eigenvalue weighted by atomic mass is 79.9. The van der Waals surface area contributed by atoms with E-state index >= 15 is 0 Å².